The summed E-state index contributed by atoms with van der Waals surface area (Å²) in [4.78, 5) is 14.0. The first-order chi connectivity index (χ1) is 9.15. The van der Waals surface area contributed by atoms with Crippen LogP contribution in [0.3, 0.4) is 0 Å². The molecule has 1 aromatic rings. The zero-order valence-corrected chi connectivity index (χ0v) is 11.6. The Morgan fingerprint density at radius 3 is 2.58 bits per heavy atom. The van der Waals surface area contributed by atoms with E-state index in [1.807, 2.05) is 12.1 Å². The van der Waals surface area contributed by atoms with Crippen LogP contribution in [0.1, 0.15) is 25.3 Å². The average molecular weight is 262 g/mol. The minimum absolute atomic E-state index is 0.0141. The predicted octanol–water partition coefficient (Wildman–Crippen LogP) is 1.72. The van der Waals surface area contributed by atoms with Crippen LogP contribution in [-0.2, 0) is 16.0 Å². The molecule has 2 rings (SSSR count). The maximum absolute atomic E-state index is 12.3. The van der Waals surface area contributed by atoms with Gasteiger partial charge in [-0.2, -0.15) is 0 Å². The highest BCUT2D eigenvalue weighted by atomic mass is 16.5. The summed E-state index contributed by atoms with van der Waals surface area (Å²) < 4.78 is 5.64. The Morgan fingerprint density at radius 2 is 2.05 bits per heavy atom. The number of benzene rings is 1. The molecule has 1 saturated heterocycles. The number of nitrogens with zero attached hydrogens (tertiary/aromatic N) is 1. The summed E-state index contributed by atoms with van der Waals surface area (Å²) in [6.07, 6.45) is 2.32. The van der Waals surface area contributed by atoms with E-state index in [1.165, 1.54) is 5.56 Å². The van der Waals surface area contributed by atoms with Gasteiger partial charge in [0.2, 0.25) is 0 Å². The van der Waals surface area contributed by atoms with Gasteiger partial charge in [0.25, 0.3) is 5.91 Å². The number of likely N-dealkylation sites (N-methyl/N-ethyl adjacent to an activating group) is 1. The second-order valence-corrected chi connectivity index (χ2v) is 4.98. The summed E-state index contributed by atoms with van der Waals surface area (Å²) in [5.74, 6) is 0.0141. The second-order valence-electron chi connectivity index (χ2n) is 4.98. The average Bonchev–Trinajstić information content (AvgIpc) is 2.94. The van der Waals surface area contributed by atoms with E-state index in [0.717, 1.165) is 24.9 Å². The maximum Gasteiger partial charge on any atom is 0.255 e. The lowest BCUT2D eigenvalue weighted by atomic mass is 10.1. The molecule has 1 aliphatic rings. The summed E-state index contributed by atoms with van der Waals surface area (Å²) in [5, 5.41) is 0. The van der Waals surface area contributed by atoms with Crippen molar-refractivity contribution in [2.24, 2.45) is 5.73 Å². The third-order valence-electron chi connectivity index (χ3n) is 3.71. The zero-order valence-electron chi connectivity index (χ0n) is 11.6. The summed E-state index contributed by atoms with van der Waals surface area (Å²) in [7, 11) is 1.79. The summed E-state index contributed by atoms with van der Waals surface area (Å²) in [6, 6.07) is 8.06. The van der Waals surface area contributed by atoms with E-state index >= 15 is 0 Å². The van der Waals surface area contributed by atoms with E-state index in [2.05, 4.69) is 19.1 Å². The van der Waals surface area contributed by atoms with Gasteiger partial charge in [-0.25, -0.2) is 0 Å². The highest BCUT2D eigenvalue weighted by molar-refractivity contribution is 5.96. The van der Waals surface area contributed by atoms with E-state index in [-0.39, 0.29) is 18.1 Å². The van der Waals surface area contributed by atoms with Crippen molar-refractivity contribution in [1.82, 2.24) is 0 Å². The van der Waals surface area contributed by atoms with E-state index < -0.39 is 0 Å². The van der Waals surface area contributed by atoms with Crippen molar-refractivity contribution < 1.29 is 9.53 Å². The van der Waals surface area contributed by atoms with Crippen molar-refractivity contribution >= 4 is 11.6 Å². The summed E-state index contributed by atoms with van der Waals surface area (Å²) in [5.41, 5.74) is 7.74. The monoisotopic (exact) mass is 262 g/mol. The van der Waals surface area contributed by atoms with Crippen molar-refractivity contribution in [3.8, 4) is 0 Å². The van der Waals surface area contributed by atoms with Gasteiger partial charge in [0, 0.05) is 19.3 Å². The van der Waals surface area contributed by atoms with Crippen molar-refractivity contribution in [3.63, 3.8) is 0 Å². The molecule has 0 aliphatic carbocycles. The molecule has 1 aliphatic heterocycles. The third-order valence-corrected chi connectivity index (χ3v) is 3.71. The molecule has 2 N–H and O–H groups in total. The maximum atomic E-state index is 12.3. The minimum atomic E-state index is -0.343. The number of hydrogen-bond acceptors (Lipinski definition) is 3. The summed E-state index contributed by atoms with van der Waals surface area (Å²) >= 11 is 0. The molecule has 0 aromatic heterocycles. The van der Waals surface area contributed by atoms with E-state index in [4.69, 9.17) is 10.5 Å². The normalized spacial score (nSPS) is 22.5. The van der Waals surface area contributed by atoms with Crippen LogP contribution in [0.4, 0.5) is 5.69 Å². The Bertz CT molecular complexity index is 430. The molecule has 19 heavy (non-hydrogen) atoms. The Morgan fingerprint density at radius 1 is 1.37 bits per heavy atom. The lowest BCUT2D eigenvalue weighted by molar-refractivity contribution is -0.128. The van der Waals surface area contributed by atoms with Crippen molar-refractivity contribution in [2.75, 3.05) is 18.5 Å². The molecule has 1 amide bonds. The molecular formula is C15H22N2O2. The van der Waals surface area contributed by atoms with Gasteiger partial charge in [-0.1, -0.05) is 19.1 Å². The van der Waals surface area contributed by atoms with E-state index in [1.54, 1.807) is 11.9 Å². The van der Waals surface area contributed by atoms with E-state index in [9.17, 15) is 4.79 Å². The van der Waals surface area contributed by atoms with Gasteiger partial charge in [-0.3, -0.25) is 4.79 Å². The van der Waals surface area contributed by atoms with Crippen LogP contribution in [0.2, 0.25) is 0 Å². The first kappa shape index (κ1) is 14.0. The van der Waals surface area contributed by atoms with Crippen LogP contribution in [-0.4, -0.2) is 31.7 Å². The van der Waals surface area contributed by atoms with Crippen LogP contribution in [0.25, 0.3) is 0 Å². The first-order valence-corrected chi connectivity index (χ1v) is 6.87. The van der Waals surface area contributed by atoms with Crippen LogP contribution < -0.4 is 10.6 Å². The summed E-state index contributed by atoms with van der Waals surface area (Å²) in [6.45, 7) is 2.60. The van der Waals surface area contributed by atoms with Gasteiger partial charge in [-0.15, -0.1) is 0 Å². The van der Waals surface area contributed by atoms with Crippen LogP contribution in [0.5, 0.6) is 0 Å². The van der Waals surface area contributed by atoms with Crippen LogP contribution in [0, 0.1) is 0 Å². The fraction of sp³-hybridized carbons (Fsp3) is 0.533. The lowest BCUT2D eigenvalue weighted by Crippen LogP contribution is -2.37. The Kier molecular flexibility index (Phi) is 4.56. The number of carbonyl (C=O) groups is 1. The molecule has 0 spiro atoms. The molecule has 1 heterocycles. The number of ether oxygens (including phenoxy) is 1. The van der Waals surface area contributed by atoms with Crippen molar-refractivity contribution in [3.05, 3.63) is 29.8 Å². The molecule has 1 fully saturated rings. The number of carbonyl (C=O) groups excluding carboxylic acids is 1. The second kappa shape index (κ2) is 6.17. The Balaban J connectivity index is 2.02. The standard InChI is InChI=1S/C15H22N2O2/c1-3-11-4-6-12(7-5-11)17(2)15(18)14-9-8-13(10-16)19-14/h4-7,13-14H,3,8-10,16H2,1-2H3. The number of amides is 1. The van der Waals surface area contributed by atoms with Crippen LogP contribution in [0.15, 0.2) is 24.3 Å². The van der Waals surface area contributed by atoms with E-state index in [0.29, 0.717) is 6.54 Å². The highest BCUT2D eigenvalue weighted by Crippen LogP contribution is 2.23. The number of hydrogen-bond donors (Lipinski definition) is 1. The number of aryl methyl sites for hydroxylation is 1. The zero-order chi connectivity index (χ0) is 13.8. The van der Waals surface area contributed by atoms with Crippen molar-refractivity contribution in [2.45, 2.75) is 38.4 Å². The lowest BCUT2D eigenvalue weighted by Gasteiger charge is -2.21. The molecule has 104 valence electrons. The molecule has 4 nitrogen and oxygen atoms in total. The highest BCUT2D eigenvalue weighted by Gasteiger charge is 2.32. The van der Waals surface area contributed by atoms with Gasteiger partial charge in [-0.05, 0) is 37.0 Å². The van der Waals surface area contributed by atoms with Gasteiger partial charge in [0.15, 0.2) is 0 Å². The van der Waals surface area contributed by atoms with Gasteiger partial charge >= 0.3 is 0 Å². The van der Waals surface area contributed by atoms with Gasteiger partial charge in [0.1, 0.15) is 6.10 Å². The molecule has 0 saturated carbocycles. The molecule has 2 unspecified atom stereocenters. The molecule has 1 aromatic carbocycles. The predicted molar refractivity (Wildman–Crippen MR) is 76.2 cm³/mol. The fourth-order valence-electron chi connectivity index (χ4n) is 2.36. The number of nitrogens with two attached hydrogens (primary N) is 1. The van der Waals surface area contributed by atoms with Gasteiger partial charge < -0.3 is 15.4 Å². The molecule has 0 radical (unpaired) electrons. The van der Waals surface area contributed by atoms with Crippen molar-refractivity contribution in [1.29, 1.82) is 0 Å². The third kappa shape index (κ3) is 3.14. The Hall–Kier alpha value is -1.39. The van der Waals surface area contributed by atoms with Gasteiger partial charge in [0.05, 0.1) is 6.10 Å². The first-order valence-electron chi connectivity index (χ1n) is 6.87. The number of anilines is 1. The Labute approximate surface area is 114 Å². The minimum Gasteiger partial charge on any atom is -0.364 e. The smallest absolute Gasteiger partial charge is 0.255 e. The largest absolute Gasteiger partial charge is 0.364 e. The van der Waals surface area contributed by atoms with Crippen LogP contribution >= 0.6 is 0 Å². The molecule has 2 atom stereocenters. The number of rotatable bonds is 4. The molecule has 0 bridgehead atoms. The topological polar surface area (TPSA) is 55.6 Å². The molecular weight excluding hydrogens is 240 g/mol. The fourth-order valence-corrected chi connectivity index (χ4v) is 2.36. The molecule has 4 heteroatoms. The quantitative estimate of drug-likeness (QED) is 0.899. The SMILES string of the molecule is CCc1ccc(N(C)C(=O)C2CCC(CN)O2)cc1.